The Morgan fingerprint density at radius 2 is 1.97 bits per heavy atom. The number of urea groups is 1. The highest BCUT2D eigenvalue weighted by molar-refractivity contribution is 8.01. The molecule has 1 aromatic heterocycles. The predicted octanol–water partition coefficient (Wildman–Crippen LogP) is 3.28. The molecule has 164 valence electrons. The number of anilines is 2. The maximum atomic E-state index is 12.7. The molecule has 1 saturated carbocycles. The van der Waals surface area contributed by atoms with Crippen LogP contribution in [0.15, 0.2) is 22.5 Å². The molecule has 1 aliphatic carbocycles. The van der Waals surface area contributed by atoms with Crippen LogP contribution < -0.4 is 16.1 Å². The number of aromatic nitrogens is 2. The number of nitrogens with zero attached hydrogens (tertiary/aromatic N) is 3. The van der Waals surface area contributed by atoms with Crippen LogP contribution in [0.3, 0.4) is 0 Å². The molecular weight excluding hydrogens is 436 g/mol. The minimum Gasteiger partial charge on any atom is -0.330 e. The number of imide groups is 1. The fourth-order valence-corrected chi connectivity index (χ4v) is 5.33. The van der Waals surface area contributed by atoms with Crippen LogP contribution in [0.1, 0.15) is 43.2 Å². The minimum absolute atomic E-state index is 0.0162. The largest absolute Gasteiger partial charge is 0.344 e. The van der Waals surface area contributed by atoms with Crippen molar-refractivity contribution < 1.29 is 14.4 Å². The number of hydrogen-bond acceptors (Lipinski definition) is 8. The summed E-state index contributed by atoms with van der Waals surface area (Å²) in [5.41, 5.74) is 4.88. The van der Waals surface area contributed by atoms with Crippen LogP contribution in [-0.4, -0.2) is 44.3 Å². The standard InChI is InChI=1S/C20H24N6O3S2/c1-12-6-7-14(10-13(12)2)21-17-23-24-19(31-17)30-11-15(27)25-26-16(28)20(22-18(26)29)8-4-3-5-9-20/h6-7,10H,3-5,8-9,11H2,1-2H3,(H,21,23)(H,22,29)(H,25,27). The van der Waals surface area contributed by atoms with E-state index in [9.17, 15) is 14.4 Å². The van der Waals surface area contributed by atoms with Gasteiger partial charge in [-0.25, -0.2) is 4.79 Å². The molecule has 4 rings (SSSR count). The van der Waals surface area contributed by atoms with Gasteiger partial charge < -0.3 is 10.6 Å². The molecule has 0 atom stereocenters. The van der Waals surface area contributed by atoms with Gasteiger partial charge in [-0.3, -0.25) is 15.0 Å². The Morgan fingerprint density at radius 1 is 1.19 bits per heavy atom. The maximum absolute atomic E-state index is 12.7. The van der Waals surface area contributed by atoms with Crippen molar-refractivity contribution in [1.29, 1.82) is 0 Å². The van der Waals surface area contributed by atoms with Gasteiger partial charge in [0.15, 0.2) is 4.34 Å². The summed E-state index contributed by atoms with van der Waals surface area (Å²) in [4.78, 5) is 37.3. The van der Waals surface area contributed by atoms with Crippen molar-refractivity contribution in [2.75, 3.05) is 11.1 Å². The molecule has 2 fully saturated rings. The second-order valence-corrected chi connectivity index (χ2v) is 10.0. The highest BCUT2D eigenvalue weighted by atomic mass is 32.2. The molecule has 11 heteroatoms. The quantitative estimate of drug-likeness (QED) is 0.447. The van der Waals surface area contributed by atoms with Gasteiger partial charge in [0.05, 0.1) is 5.75 Å². The smallest absolute Gasteiger partial charge is 0.330 e. The zero-order valence-electron chi connectivity index (χ0n) is 17.4. The van der Waals surface area contributed by atoms with Gasteiger partial charge in [0.2, 0.25) is 11.0 Å². The summed E-state index contributed by atoms with van der Waals surface area (Å²) < 4.78 is 0.613. The van der Waals surface area contributed by atoms with E-state index in [4.69, 9.17) is 0 Å². The van der Waals surface area contributed by atoms with E-state index < -0.39 is 17.5 Å². The van der Waals surface area contributed by atoms with E-state index >= 15 is 0 Å². The Labute approximate surface area is 188 Å². The minimum atomic E-state index is -0.857. The molecule has 2 heterocycles. The SMILES string of the molecule is Cc1ccc(Nc2nnc(SCC(=O)NN3C(=O)NC4(CCCCC4)C3=O)s2)cc1C. The van der Waals surface area contributed by atoms with Gasteiger partial charge in [-0.2, -0.15) is 5.01 Å². The lowest BCUT2D eigenvalue weighted by Gasteiger charge is -2.30. The highest BCUT2D eigenvalue weighted by Gasteiger charge is 2.52. The summed E-state index contributed by atoms with van der Waals surface area (Å²) in [5, 5.41) is 15.6. The Balaban J connectivity index is 1.30. The van der Waals surface area contributed by atoms with Crippen molar-refractivity contribution in [2.24, 2.45) is 0 Å². The number of amides is 4. The van der Waals surface area contributed by atoms with Crippen LogP contribution in [0, 0.1) is 13.8 Å². The topological polar surface area (TPSA) is 116 Å². The lowest BCUT2D eigenvalue weighted by Crippen LogP contribution is -2.51. The first kappa shape index (κ1) is 21.6. The van der Waals surface area contributed by atoms with Gasteiger partial charge in [0.25, 0.3) is 5.91 Å². The van der Waals surface area contributed by atoms with Crippen LogP contribution in [0.5, 0.6) is 0 Å². The van der Waals surface area contributed by atoms with Crippen molar-refractivity contribution >= 4 is 51.8 Å². The second kappa shape index (κ2) is 8.83. The Kier molecular flexibility index (Phi) is 6.15. The summed E-state index contributed by atoms with van der Waals surface area (Å²) in [6, 6.07) is 5.47. The van der Waals surface area contributed by atoms with Crippen molar-refractivity contribution in [2.45, 2.75) is 55.8 Å². The molecule has 0 bridgehead atoms. The number of aryl methyl sites for hydroxylation is 2. The van der Waals surface area contributed by atoms with Crippen LogP contribution >= 0.6 is 23.1 Å². The van der Waals surface area contributed by atoms with Gasteiger partial charge in [-0.15, -0.1) is 10.2 Å². The molecule has 1 spiro atoms. The first-order valence-corrected chi connectivity index (χ1v) is 11.9. The molecule has 2 aromatic rings. The molecule has 1 saturated heterocycles. The number of carbonyl (C=O) groups is 3. The van der Waals surface area contributed by atoms with E-state index in [0.717, 1.165) is 30.0 Å². The van der Waals surface area contributed by atoms with Crippen LogP contribution in [-0.2, 0) is 9.59 Å². The summed E-state index contributed by atoms with van der Waals surface area (Å²) in [5.74, 6) is -0.797. The zero-order chi connectivity index (χ0) is 22.0. The van der Waals surface area contributed by atoms with Gasteiger partial charge in [-0.05, 0) is 49.9 Å². The summed E-state index contributed by atoms with van der Waals surface area (Å²) in [6.07, 6.45) is 4.05. The average molecular weight is 461 g/mol. The number of nitrogens with one attached hydrogen (secondary N) is 3. The normalized spacial score (nSPS) is 17.7. The van der Waals surface area contributed by atoms with Gasteiger partial charge in [-0.1, -0.05) is 48.4 Å². The first-order valence-electron chi connectivity index (χ1n) is 10.1. The van der Waals surface area contributed by atoms with Gasteiger partial charge in [0, 0.05) is 5.69 Å². The van der Waals surface area contributed by atoms with E-state index in [0.29, 0.717) is 22.3 Å². The molecule has 31 heavy (non-hydrogen) atoms. The third kappa shape index (κ3) is 4.67. The molecule has 1 aliphatic heterocycles. The summed E-state index contributed by atoms with van der Waals surface area (Å²) in [7, 11) is 0. The average Bonchev–Trinajstić information content (AvgIpc) is 3.28. The molecule has 0 radical (unpaired) electrons. The van der Waals surface area contributed by atoms with E-state index in [1.165, 1.54) is 34.2 Å². The first-order chi connectivity index (χ1) is 14.9. The maximum Gasteiger partial charge on any atom is 0.344 e. The molecule has 3 N–H and O–H groups in total. The zero-order valence-corrected chi connectivity index (χ0v) is 19.0. The van der Waals surface area contributed by atoms with Crippen molar-refractivity contribution in [1.82, 2.24) is 25.9 Å². The number of hydrazine groups is 1. The molecule has 4 amide bonds. The third-order valence-electron chi connectivity index (χ3n) is 5.60. The summed E-state index contributed by atoms with van der Waals surface area (Å²) >= 11 is 2.53. The number of thioether (sulfide) groups is 1. The number of hydrogen-bond donors (Lipinski definition) is 3. The Hall–Kier alpha value is -2.66. The number of rotatable bonds is 6. The lowest BCUT2D eigenvalue weighted by atomic mass is 9.82. The predicted molar refractivity (Wildman–Crippen MR) is 119 cm³/mol. The monoisotopic (exact) mass is 460 g/mol. The Bertz CT molecular complexity index is 1020. The van der Waals surface area contributed by atoms with E-state index in [2.05, 4.69) is 33.2 Å². The second-order valence-electron chi connectivity index (χ2n) is 7.83. The Morgan fingerprint density at radius 3 is 2.71 bits per heavy atom. The molecule has 1 aromatic carbocycles. The van der Waals surface area contributed by atoms with Gasteiger partial charge in [0.1, 0.15) is 5.54 Å². The van der Waals surface area contributed by atoms with Crippen LogP contribution in [0.25, 0.3) is 0 Å². The molecule has 2 aliphatic rings. The third-order valence-corrected chi connectivity index (χ3v) is 7.57. The van der Waals surface area contributed by atoms with Crippen molar-refractivity contribution in [3.63, 3.8) is 0 Å². The van der Waals surface area contributed by atoms with Crippen LogP contribution in [0.4, 0.5) is 15.6 Å². The van der Waals surface area contributed by atoms with Gasteiger partial charge >= 0.3 is 6.03 Å². The number of carbonyl (C=O) groups excluding carboxylic acids is 3. The van der Waals surface area contributed by atoms with Crippen LogP contribution in [0.2, 0.25) is 0 Å². The fourth-order valence-electron chi connectivity index (χ4n) is 3.76. The van der Waals surface area contributed by atoms with E-state index in [1.54, 1.807) is 0 Å². The van der Waals surface area contributed by atoms with E-state index in [-0.39, 0.29) is 11.7 Å². The molecular formula is C20H24N6O3S2. The van der Waals surface area contributed by atoms with E-state index in [1.807, 2.05) is 25.1 Å². The summed E-state index contributed by atoms with van der Waals surface area (Å²) in [6.45, 7) is 4.10. The molecule has 0 unspecified atom stereocenters. The fraction of sp³-hybridized carbons (Fsp3) is 0.450. The lowest BCUT2D eigenvalue weighted by molar-refractivity contribution is -0.139. The van der Waals surface area contributed by atoms with Crippen molar-refractivity contribution in [3.8, 4) is 0 Å². The van der Waals surface area contributed by atoms with Crippen molar-refractivity contribution in [3.05, 3.63) is 29.3 Å². The highest BCUT2D eigenvalue weighted by Crippen LogP contribution is 2.33. The molecule has 9 nitrogen and oxygen atoms in total. The number of benzene rings is 1.